The number of sulfonamides is 1. The molecule has 0 fully saturated rings. The summed E-state index contributed by atoms with van der Waals surface area (Å²) in [6, 6.07) is 6.82. The van der Waals surface area contributed by atoms with Crippen molar-refractivity contribution in [3.05, 3.63) is 46.2 Å². The molecule has 0 saturated carbocycles. The number of hydrogen-bond donors (Lipinski definition) is 2. The number of carbonyl (C=O) groups excluding carboxylic acids is 1. The average Bonchev–Trinajstić information content (AvgIpc) is 3.16. The predicted octanol–water partition coefficient (Wildman–Crippen LogP) is 2.13. The van der Waals surface area contributed by atoms with Crippen molar-refractivity contribution in [1.29, 1.82) is 0 Å². The molecule has 1 aromatic carbocycles. The topological polar surface area (TPSA) is 70.9 Å². The van der Waals surface area contributed by atoms with Gasteiger partial charge in [-0.3, -0.25) is 4.79 Å². The summed E-state index contributed by atoms with van der Waals surface area (Å²) in [7, 11) is -1.60. The first-order valence-electron chi connectivity index (χ1n) is 9.45. The van der Waals surface area contributed by atoms with Crippen LogP contribution in [-0.4, -0.2) is 44.8 Å². The summed E-state index contributed by atoms with van der Waals surface area (Å²) in [5, 5.41) is 6.98. The number of quaternary nitrogens is 1. The minimum absolute atomic E-state index is 0.136. The van der Waals surface area contributed by atoms with Gasteiger partial charge in [0.15, 0.2) is 6.04 Å². The second-order valence-corrected chi connectivity index (χ2v) is 9.62. The molecule has 2 aromatic rings. The van der Waals surface area contributed by atoms with E-state index in [1.54, 1.807) is 36.5 Å². The van der Waals surface area contributed by atoms with Gasteiger partial charge in [-0.25, -0.2) is 8.42 Å². The fourth-order valence-electron chi connectivity index (χ4n) is 3.00. The molecule has 6 nitrogen and oxygen atoms in total. The summed E-state index contributed by atoms with van der Waals surface area (Å²) >= 11 is 1.64. The van der Waals surface area contributed by atoms with Crippen LogP contribution < -0.4 is 10.2 Å². The van der Waals surface area contributed by atoms with E-state index in [1.807, 2.05) is 33.2 Å². The van der Waals surface area contributed by atoms with Crippen molar-refractivity contribution in [3.63, 3.8) is 0 Å². The Morgan fingerprint density at radius 2 is 1.93 bits per heavy atom. The summed E-state index contributed by atoms with van der Waals surface area (Å²) < 4.78 is 27.2. The second kappa shape index (κ2) is 9.65. The maximum absolute atomic E-state index is 12.9. The van der Waals surface area contributed by atoms with E-state index in [1.165, 1.54) is 9.87 Å². The minimum Gasteiger partial charge on any atom is -0.324 e. The van der Waals surface area contributed by atoms with Crippen LogP contribution in [0.25, 0.3) is 0 Å². The van der Waals surface area contributed by atoms with Crippen molar-refractivity contribution >= 4 is 33.0 Å². The Balaban J connectivity index is 2.17. The molecular weight excluding hydrogens is 394 g/mol. The van der Waals surface area contributed by atoms with Crippen molar-refractivity contribution in [3.8, 4) is 0 Å². The number of carbonyl (C=O) groups is 1. The molecule has 1 unspecified atom stereocenters. The molecule has 2 rings (SSSR count). The lowest BCUT2D eigenvalue weighted by Crippen LogP contribution is -3.12. The fourth-order valence-corrected chi connectivity index (χ4v) is 5.38. The first-order chi connectivity index (χ1) is 13.2. The molecule has 0 saturated heterocycles. The number of rotatable bonds is 9. The normalized spacial score (nSPS) is 14.1. The number of hydrogen-bond acceptors (Lipinski definition) is 4. The molecule has 0 bridgehead atoms. The molecular formula is C20H30N3O3S2+. The zero-order valence-corrected chi connectivity index (χ0v) is 18.8. The fraction of sp³-hybridized carbons (Fsp3) is 0.450. The van der Waals surface area contributed by atoms with Crippen molar-refractivity contribution in [1.82, 2.24) is 4.31 Å². The molecule has 1 heterocycles. The van der Waals surface area contributed by atoms with Crippen molar-refractivity contribution in [2.45, 2.75) is 45.2 Å². The zero-order valence-electron chi connectivity index (χ0n) is 17.2. The van der Waals surface area contributed by atoms with Crippen LogP contribution in [0, 0.1) is 6.92 Å². The van der Waals surface area contributed by atoms with Crippen LogP contribution in [0.4, 0.5) is 5.69 Å². The van der Waals surface area contributed by atoms with Gasteiger partial charge in [0, 0.05) is 24.3 Å². The van der Waals surface area contributed by atoms with Gasteiger partial charge < -0.3 is 10.2 Å². The zero-order chi connectivity index (χ0) is 20.9. The van der Waals surface area contributed by atoms with E-state index in [0.717, 1.165) is 11.4 Å². The smallest absolute Gasteiger partial charge is 0.282 e. The standard InChI is InChI=1S/C20H29N3O3S2/c1-6-23(7-2)28(25,26)19-12-18(9-8-15(19)3)21-20(24)16(4)22(5)13-17-10-11-27-14-17/h8-12,14,16H,6-7,13H2,1-5H3,(H,21,24)/p+1/t16-/m0/s1. The van der Waals surface area contributed by atoms with Crippen molar-refractivity contribution in [2.75, 3.05) is 25.5 Å². The summed E-state index contributed by atoms with van der Waals surface area (Å²) in [4.78, 5) is 14.0. The molecule has 0 aliphatic rings. The van der Waals surface area contributed by atoms with Gasteiger partial charge >= 0.3 is 0 Å². The predicted molar refractivity (Wildman–Crippen MR) is 114 cm³/mol. The van der Waals surface area contributed by atoms with Crippen LogP contribution in [0.1, 0.15) is 31.9 Å². The van der Waals surface area contributed by atoms with Crippen molar-refractivity contribution < 1.29 is 18.1 Å². The minimum atomic E-state index is -3.58. The lowest BCUT2D eigenvalue weighted by Gasteiger charge is -2.22. The quantitative estimate of drug-likeness (QED) is 0.648. The highest BCUT2D eigenvalue weighted by Gasteiger charge is 2.26. The Kier molecular flexibility index (Phi) is 7.77. The molecule has 0 spiro atoms. The van der Waals surface area contributed by atoms with Crippen LogP contribution in [0.15, 0.2) is 39.9 Å². The highest BCUT2D eigenvalue weighted by molar-refractivity contribution is 7.89. The van der Waals surface area contributed by atoms with Crippen LogP contribution in [-0.2, 0) is 21.4 Å². The van der Waals surface area contributed by atoms with Gasteiger partial charge in [0.25, 0.3) is 5.91 Å². The second-order valence-electron chi connectivity index (χ2n) is 6.94. The largest absolute Gasteiger partial charge is 0.324 e. The summed E-state index contributed by atoms with van der Waals surface area (Å²) in [6.45, 7) is 8.84. The van der Waals surface area contributed by atoms with Gasteiger partial charge in [0.05, 0.1) is 11.9 Å². The van der Waals surface area contributed by atoms with Crippen LogP contribution in [0.2, 0.25) is 0 Å². The number of anilines is 1. The first-order valence-corrected chi connectivity index (χ1v) is 11.8. The van der Waals surface area contributed by atoms with Gasteiger partial charge in [-0.1, -0.05) is 19.9 Å². The third-order valence-electron chi connectivity index (χ3n) is 4.97. The molecule has 1 amide bonds. The molecule has 2 atom stereocenters. The van der Waals surface area contributed by atoms with Crippen LogP contribution >= 0.6 is 11.3 Å². The van der Waals surface area contributed by atoms with Crippen molar-refractivity contribution in [2.24, 2.45) is 0 Å². The monoisotopic (exact) mass is 424 g/mol. The van der Waals surface area contributed by atoms with Gasteiger partial charge in [-0.05, 0) is 48.4 Å². The maximum Gasteiger partial charge on any atom is 0.282 e. The van der Waals surface area contributed by atoms with E-state index in [2.05, 4.69) is 16.8 Å². The van der Waals surface area contributed by atoms with E-state index in [0.29, 0.717) is 24.3 Å². The Morgan fingerprint density at radius 1 is 1.25 bits per heavy atom. The van der Waals surface area contributed by atoms with E-state index >= 15 is 0 Å². The number of nitrogens with zero attached hydrogens (tertiary/aromatic N) is 1. The highest BCUT2D eigenvalue weighted by atomic mass is 32.2. The lowest BCUT2D eigenvalue weighted by molar-refractivity contribution is -0.907. The maximum atomic E-state index is 12.9. The summed E-state index contributed by atoms with van der Waals surface area (Å²) in [5.74, 6) is -0.136. The van der Waals surface area contributed by atoms with Gasteiger partial charge in [0.2, 0.25) is 10.0 Å². The molecule has 8 heteroatoms. The van der Waals surface area contributed by atoms with Gasteiger partial charge in [-0.15, -0.1) is 0 Å². The molecule has 0 radical (unpaired) electrons. The van der Waals surface area contributed by atoms with E-state index < -0.39 is 10.0 Å². The van der Waals surface area contributed by atoms with E-state index in [-0.39, 0.29) is 16.8 Å². The Hall–Kier alpha value is -1.74. The molecule has 0 aliphatic heterocycles. The molecule has 1 aromatic heterocycles. The summed E-state index contributed by atoms with van der Waals surface area (Å²) in [5.41, 5.74) is 2.36. The number of thiophene rings is 1. The molecule has 0 aliphatic carbocycles. The molecule has 2 N–H and O–H groups in total. The van der Waals surface area contributed by atoms with Gasteiger partial charge in [-0.2, -0.15) is 15.6 Å². The van der Waals surface area contributed by atoms with Gasteiger partial charge in [0.1, 0.15) is 6.54 Å². The summed E-state index contributed by atoms with van der Waals surface area (Å²) in [6.07, 6.45) is 0. The Labute approximate surface area is 172 Å². The number of likely N-dealkylation sites (N-methyl/N-ethyl adjacent to an activating group) is 1. The van der Waals surface area contributed by atoms with Crippen LogP contribution in [0.3, 0.4) is 0 Å². The third kappa shape index (κ3) is 5.20. The van der Waals surface area contributed by atoms with E-state index in [9.17, 15) is 13.2 Å². The number of nitrogens with one attached hydrogen (secondary N) is 2. The number of aryl methyl sites for hydroxylation is 1. The first kappa shape index (κ1) is 22.5. The van der Waals surface area contributed by atoms with Crippen LogP contribution in [0.5, 0.6) is 0 Å². The molecule has 28 heavy (non-hydrogen) atoms. The van der Waals surface area contributed by atoms with E-state index in [4.69, 9.17) is 0 Å². The number of benzene rings is 1. The SMILES string of the molecule is CCN(CC)S(=O)(=O)c1cc(NC(=O)[C@H](C)[NH+](C)Cc2ccsc2)ccc1C. The lowest BCUT2D eigenvalue weighted by atomic mass is 10.2. The average molecular weight is 425 g/mol. The third-order valence-corrected chi connectivity index (χ3v) is 7.90. The Morgan fingerprint density at radius 3 is 2.50 bits per heavy atom. The number of amides is 1. The molecule has 154 valence electrons. The highest BCUT2D eigenvalue weighted by Crippen LogP contribution is 2.23. The Bertz CT molecular complexity index is 891.